The maximum Gasteiger partial charge on any atom is 0.0549 e. The SMILES string of the molecule is CC1(C)c2cc(-c3ccccc3)ccc2-c2c(N(c3ccccc3)c3ccc(-c4ccccc4)cc3)cc3ccccc3c21. The van der Waals surface area contributed by atoms with Gasteiger partial charge in [-0.2, -0.15) is 0 Å². The fraction of sp³-hybridized carbons (Fsp3) is 0.0698. The van der Waals surface area contributed by atoms with E-state index in [1.165, 1.54) is 61.0 Å². The van der Waals surface area contributed by atoms with Crippen LogP contribution in [-0.2, 0) is 5.41 Å². The largest absolute Gasteiger partial charge is 0.310 e. The Bertz CT molecular complexity index is 2110. The summed E-state index contributed by atoms with van der Waals surface area (Å²) in [5, 5.41) is 2.58. The summed E-state index contributed by atoms with van der Waals surface area (Å²) in [6.45, 7) is 4.79. The van der Waals surface area contributed by atoms with Gasteiger partial charge in [-0.25, -0.2) is 0 Å². The third kappa shape index (κ3) is 4.24. The first-order chi connectivity index (χ1) is 21.6. The van der Waals surface area contributed by atoms with Crippen molar-refractivity contribution in [2.45, 2.75) is 19.3 Å². The van der Waals surface area contributed by atoms with Gasteiger partial charge in [0, 0.05) is 22.4 Å². The Morgan fingerprint density at radius 1 is 0.455 bits per heavy atom. The molecule has 0 unspecified atom stereocenters. The van der Waals surface area contributed by atoms with Crippen LogP contribution in [-0.4, -0.2) is 0 Å². The molecule has 1 aliphatic carbocycles. The van der Waals surface area contributed by atoms with E-state index in [4.69, 9.17) is 0 Å². The number of hydrogen-bond acceptors (Lipinski definition) is 1. The van der Waals surface area contributed by atoms with Gasteiger partial charge in [-0.15, -0.1) is 0 Å². The predicted octanol–water partition coefficient (Wildman–Crippen LogP) is 11.9. The third-order valence-electron chi connectivity index (χ3n) is 9.21. The van der Waals surface area contributed by atoms with Gasteiger partial charge in [-0.3, -0.25) is 0 Å². The highest BCUT2D eigenvalue weighted by atomic mass is 15.1. The van der Waals surface area contributed by atoms with Crippen LogP contribution < -0.4 is 4.90 Å². The van der Waals surface area contributed by atoms with Crippen molar-refractivity contribution in [3.8, 4) is 33.4 Å². The van der Waals surface area contributed by atoms with E-state index >= 15 is 0 Å². The zero-order valence-corrected chi connectivity index (χ0v) is 25.0. The summed E-state index contributed by atoms with van der Waals surface area (Å²) in [7, 11) is 0. The molecule has 0 atom stereocenters. The molecule has 7 aromatic rings. The van der Waals surface area contributed by atoms with Crippen molar-refractivity contribution in [3.05, 3.63) is 175 Å². The quantitative estimate of drug-likeness (QED) is 0.201. The number of hydrogen-bond donors (Lipinski definition) is 0. The van der Waals surface area contributed by atoms with Crippen molar-refractivity contribution < 1.29 is 0 Å². The maximum atomic E-state index is 2.44. The van der Waals surface area contributed by atoms with Gasteiger partial charge in [0.2, 0.25) is 0 Å². The Kier molecular flexibility index (Phi) is 6.20. The van der Waals surface area contributed by atoms with E-state index in [1.807, 2.05) is 0 Å². The molecular weight excluding hydrogens is 530 g/mol. The Morgan fingerprint density at radius 3 is 1.66 bits per heavy atom. The number of fused-ring (bicyclic) bond motifs is 5. The van der Waals surface area contributed by atoms with Crippen molar-refractivity contribution >= 4 is 27.8 Å². The normalized spacial score (nSPS) is 13.0. The lowest BCUT2D eigenvalue weighted by Crippen LogP contribution is -2.17. The Balaban J connectivity index is 1.39. The summed E-state index contributed by atoms with van der Waals surface area (Å²) in [4.78, 5) is 2.44. The van der Waals surface area contributed by atoms with Gasteiger partial charge >= 0.3 is 0 Å². The molecule has 1 heteroatoms. The molecule has 0 fully saturated rings. The second-order valence-corrected chi connectivity index (χ2v) is 12.2. The molecule has 0 heterocycles. The molecule has 1 nitrogen and oxygen atoms in total. The van der Waals surface area contributed by atoms with E-state index in [0.717, 1.165) is 11.4 Å². The number of anilines is 3. The second-order valence-electron chi connectivity index (χ2n) is 12.2. The molecule has 8 rings (SSSR count). The van der Waals surface area contributed by atoms with Gasteiger partial charge in [0.15, 0.2) is 0 Å². The second kappa shape index (κ2) is 10.4. The molecule has 0 N–H and O–H groups in total. The van der Waals surface area contributed by atoms with Gasteiger partial charge in [-0.05, 0) is 86.1 Å². The van der Waals surface area contributed by atoms with Crippen LogP contribution in [0.1, 0.15) is 25.0 Å². The van der Waals surface area contributed by atoms with Gasteiger partial charge in [0.25, 0.3) is 0 Å². The number of rotatable bonds is 5. The van der Waals surface area contributed by atoms with Gasteiger partial charge in [0.05, 0.1) is 5.69 Å². The number of benzene rings is 7. The summed E-state index contributed by atoms with van der Waals surface area (Å²) in [6.07, 6.45) is 0. The van der Waals surface area contributed by atoms with Gasteiger partial charge < -0.3 is 4.90 Å². The molecule has 0 bridgehead atoms. The third-order valence-corrected chi connectivity index (χ3v) is 9.21. The van der Waals surface area contributed by atoms with E-state index in [0.29, 0.717) is 0 Å². The van der Waals surface area contributed by atoms with Crippen LogP contribution in [0.2, 0.25) is 0 Å². The standard InChI is InChI=1S/C43H33N/c1-43(2)39-28-33(31-16-8-4-9-17-31)24-27-38(39)41-40(29-34-18-12-13-21-37(34)42(41)43)44(35-19-10-5-11-20-35)36-25-22-32(23-26-36)30-14-6-3-7-15-30/h3-29H,1-2H3. The fourth-order valence-electron chi connectivity index (χ4n) is 7.09. The van der Waals surface area contributed by atoms with E-state index in [-0.39, 0.29) is 5.41 Å². The lowest BCUT2D eigenvalue weighted by molar-refractivity contribution is 0.666. The molecule has 210 valence electrons. The average molecular weight is 564 g/mol. The fourth-order valence-corrected chi connectivity index (χ4v) is 7.09. The van der Waals surface area contributed by atoms with Crippen LogP contribution in [0.3, 0.4) is 0 Å². The molecule has 0 aliphatic heterocycles. The Hall–Kier alpha value is -5.40. The van der Waals surface area contributed by atoms with Crippen molar-refractivity contribution in [3.63, 3.8) is 0 Å². The minimum Gasteiger partial charge on any atom is -0.310 e. The first kappa shape index (κ1) is 26.2. The van der Waals surface area contributed by atoms with Crippen LogP contribution >= 0.6 is 0 Å². The van der Waals surface area contributed by atoms with Crippen LogP contribution in [0.15, 0.2) is 164 Å². The van der Waals surface area contributed by atoms with E-state index in [1.54, 1.807) is 0 Å². The van der Waals surface area contributed by atoms with Crippen molar-refractivity contribution in [2.75, 3.05) is 4.90 Å². The van der Waals surface area contributed by atoms with Crippen LogP contribution in [0.5, 0.6) is 0 Å². The summed E-state index contributed by atoms with van der Waals surface area (Å²) < 4.78 is 0. The molecule has 1 aliphatic rings. The average Bonchev–Trinajstić information content (AvgIpc) is 3.33. The summed E-state index contributed by atoms with van der Waals surface area (Å²) in [5.74, 6) is 0. The van der Waals surface area contributed by atoms with Crippen LogP contribution in [0, 0.1) is 0 Å². The predicted molar refractivity (Wildman–Crippen MR) is 187 cm³/mol. The minimum absolute atomic E-state index is 0.176. The highest BCUT2D eigenvalue weighted by molar-refractivity contribution is 6.06. The van der Waals surface area contributed by atoms with Gasteiger partial charge in [-0.1, -0.05) is 141 Å². The molecule has 7 aromatic carbocycles. The molecular formula is C43H33N. The summed E-state index contributed by atoms with van der Waals surface area (Å²) >= 11 is 0. The highest BCUT2D eigenvalue weighted by Crippen LogP contribution is 2.57. The summed E-state index contributed by atoms with van der Waals surface area (Å²) in [5.41, 5.74) is 13.7. The lowest BCUT2D eigenvalue weighted by atomic mass is 9.79. The lowest BCUT2D eigenvalue weighted by Gasteiger charge is -2.30. The topological polar surface area (TPSA) is 3.24 Å². The smallest absolute Gasteiger partial charge is 0.0549 e. The monoisotopic (exact) mass is 563 g/mol. The van der Waals surface area contributed by atoms with Gasteiger partial charge in [0.1, 0.15) is 0 Å². The highest BCUT2D eigenvalue weighted by Gasteiger charge is 2.40. The maximum absolute atomic E-state index is 2.44. The molecule has 0 aromatic heterocycles. The van der Waals surface area contributed by atoms with Crippen molar-refractivity contribution in [2.24, 2.45) is 0 Å². The minimum atomic E-state index is -0.176. The molecule has 0 saturated heterocycles. The van der Waals surface area contributed by atoms with E-state index in [2.05, 4.69) is 183 Å². The molecule has 0 radical (unpaired) electrons. The molecule has 0 spiro atoms. The van der Waals surface area contributed by atoms with E-state index < -0.39 is 0 Å². The number of nitrogens with zero attached hydrogens (tertiary/aromatic N) is 1. The Morgan fingerprint density at radius 2 is 0.977 bits per heavy atom. The zero-order chi connectivity index (χ0) is 29.7. The first-order valence-electron chi connectivity index (χ1n) is 15.4. The molecule has 44 heavy (non-hydrogen) atoms. The molecule has 0 amide bonds. The van der Waals surface area contributed by atoms with Crippen LogP contribution in [0.4, 0.5) is 17.1 Å². The van der Waals surface area contributed by atoms with Crippen LogP contribution in [0.25, 0.3) is 44.2 Å². The van der Waals surface area contributed by atoms with Crippen molar-refractivity contribution in [1.29, 1.82) is 0 Å². The van der Waals surface area contributed by atoms with Crippen molar-refractivity contribution in [1.82, 2.24) is 0 Å². The Labute approximate surface area is 259 Å². The molecule has 0 saturated carbocycles. The first-order valence-corrected chi connectivity index (χ1v) is 15.4. The van der Waals surface area contributed by atoms with E-state index in [9.17, 15) is 0 Å². The zero-order valence-electron chi connectivity index (χ0n) is 25.0. The summed E-state index contributed by atoms with van der Waals surface area (Å²) in [6, 6.07) is 59.5. The number of para-hydroxylation sites is 1.